The van der Waals surface area contributed by atoms with Gasteiger partial charge in [-0.3, -0.25) is 4.79 Å². The van der Waals surface area contributed by atoms with Crippen LogP contribution in [-0.2, 0) is 0 Å². The fourth-order valence-corrected chi connectivity index (χ4v) is 2.13. The molecule has 0 aliphatic heterocycles. The van der Waals surface area contributed by atoms with E-state index >= 15 is 0 Å². The molecule has 2 aromatic rings. The van der Waals surface area contributed by atoms with E-state index in [2.05, 4.69) is 15.6 Å². The SMILES string of the molecule is CCNc1ccc(Cl)cc1C(=O)NC(C)c1ncc(C)o1. The summed E-state index contributed by atoms with van der Waals surface area (Å²) in [4.78, 5) is 16.5. The molecular formula is C15H18ClN3O2. The normalized spacial score (nSPS) is 12.0. The number of halogens is 1. The summed E-state index contributed by atoms with van der Waals surface area (Å²) in [5, 5.41) is 6.52. The van der Waals surface area contributed by atoms with Gasteiger partial charge in [0, 0.05) is 17.3 Å². The van der Waals surface area contributed by atoms with Crippen LogP contribution in [0.2, 0.25) is 5.02 Å². The van der Waals surface area contributed by atoms with Crippen LogP contribution in [-0.4, -0.2) is 17.4 Å². The first-order valence-electron chi connectivity index (χ1n) is 6.78. The first-order valence-corrected chi connectivity index (χ1v) is 7.15. The average Bonchev–Trinajstić information content (AvgIpc) is 2.87. The molecular weight excluding hydrogens is 290 g/mol. The molecule has 0 aliphatic rings. The van der Waals surface area contributed by atoms with Crippen LogP contribution in [0.1, 0.15) is 41.9 Å². The van der Waals surface area contributed by atoms with E-state index in [1.54, 1.807) is 24.4 Å². The molecule has 1 atom stereocenters. The highest BCUT2D eigenvalue weighted by molar-refractivity contribution is 6.31. The third-order valence-corrected chi connectivity index (χ3v) is 3.19. The highest BCUT2D eigenvalue weighted by Crippen LogP contribution is 2.22. The Morgan fingerprint density at radius 1 is 1.48 bits per heavy atom. The van der Waals surface area contributed by atoms with Gasteiger partial charge in [0.25, 0.3) is 5.91 Å². The lowest BCUT2D eigenvalue weighted by molar-refractivity contribution is 0.0934. The Kier molecular flexibility index (Phi) is 4.85. The molecule has 0 aliphatic carbocycles. The fourth-order valence-electron chi connectivity index (χ4n) is 1.96. The van der Waals surface area contributed by atoms with Crippen LogP contribution in [0.25, 0.3) is 0 Å². The number of carbonyl (C=O) groups excluding carboxylic acids is 1. The minimum Gasteiger partial charge on any atom is -0.444 e. The Labute approximate surface area is 128 Å². The Balaban J connectivity index is 2.18. The van der Waals surface area contributed by atoms with Crippen LogP contribution in [0.5, 0.6) is 0 Å². The second-order valence-electron chi connectivity index (χ2n) is 4.72. The van der Waals surface area contributed by atoms with Gasteiger partial charge < -0.3 is 15.1 Å². The first kappa shape index (κ1) is 15.4. The molecule has 0 saturated carbocycles. The number of hydrogen-bond acceptors (Lipinski definition) is 4. The molecule has 5 nitrogen and oxygen atoms in total. The van der Waals surface area contributed by atoms with E-state index < -0.39 is 0 Å². The monoisotopic (exact) mass is 307 g/mol. The lowest BCUT2D eigenvalue weighted by Gasteiger charge is -2.14. The molecule has 2 N–H and O–H groups in total. The fraction of sp³-hybridized carbons (Fsp3) is 0.333. The second kappa shape index (κ2) is 6.63. The standard InChI is InChI=1S/C15H18ClN3O2/c1-4-17-13-6-5-11(16)7-12(13)14(20)19-10(3)15-18-8-9(2)21-15/h5-8,10,17H,4H2,1-3H3,(H,19,20). The minimum atomic E-state index is -0.320. The summed E-state index contributed by atoms with van der Waals surface area (Å²) < 4.78 is 5.42. The Bertz CT molecular complexity index is 640. The zero-order chi connectivity index (χ0) is 15.4. The van der Waals surface area contributed by atoms with Crippen molar-refractivity contribution in [2.75, 3.05) is 11.9 Å². The van der Waals surface area contributed by atoms with Crippen molar-refractivity contribution >= 4 is 23.2 Å². The highest BCUT2D eigenvalue weighted by atomic mass is 35.5. The van der Waals surface area contributed by atoms with E-state index in [1.165, 1.54) is 0 Å². The van der Waals surface area contributed by atoms with Crippen molar-refractivity contribution in [3.63, 3.8) is 0 Å². The van der Waals surface area contributed by atoms with Gasteiger partial charge in [0.15, 0.2) is 0 Å². The number of hydrogen-bond donors (Lipinski definition) is 2. The van der Waals surface area contributed by atoms with Crippen molar-refractivity contribution in [2.45, 2.75) is 26.8 Å². The van der Waals surface area contributed by atoms with Gasteiger partial charge in [-0.25, -0.2) is 4.98 Å². The predicted molar refractivity (Wildman–Crippen MR) is 82.7 cm³/mol. The van der Waals surface area contributed by atoms with Gasteiger partial charge in [-0.1, -0.05) is 11.6 Å². The Morgan fingerprint density at radius 3 is 2.86 bits per heavy atom. The van der Waals surface area contributed by atoms with E-state index in [4.69, 9.17) is 16.0 Å². The number of aromatic nitrogens is 1. The van der Waals surface area contributed by atoms with Gasteiger partial charge in [-0.2, -0.15) is 0 Å². The van der Waals surface area contributed by atoms with Crippen molar-refractivity contribution in [1.29, 1.82) is 0 Å². The summed E-state index contributed by atoms with van der Waals surface area (Å²) in [5.74, 6) is 0.965. The molecule has 6 heteroatoms. The summed E-state index contributed by atoms with van der Waals surface area (Å²) >= 11 is 5.98. The quantitative estimate of drug-likeness (QED) is 0.886. The molecule has 0 bridgehead atoms. The van der Waals surface area contributed by atoms with Crippen molar-refractivity contribution in [3.8, 4) is 0 Å². The Hall–Kier alpha value is -2.01. The van der Waals surface area contributed by atoms with Crippen LogP contribution in [0, 0.1) is 6.92 Å². The van der Waals surface area contributed by atoms with E-state index in [0.717, 1.165) is 12.2 Å². The zero-order valence-electron chi connectivity index (χ0n) is 12.2. The molecule has 1 unspecified atom stereocenters. The van der Waals surface area contributed by atoms with Gasteiger partial charge in [-0.15, -0.1) is 0 Å². The summed E-state index contributed by atoms with van der Waals surface area (Å²) in [6, 6.07) is 4.86. The van der Waals surface area contributed by atoms with Crippen LogP contribution >= 0.6 is 11.6 Å². The maximum absolute atomic E-state index is 12.4. The molecule has 0 fully saturated rings. The van der Waals surface area contributed by atoms with Gasteiger partial charge in [0.1, 0.15) is 11.8 Å². The van der Waals surface area contributed by atoms with Crippen molar-refractivity contribution < 1.29 is 9.21 Å². The molecule has 0 spiro atoms. The number of aryl methyl sites for hydroxylation is 1. The lowest BCUT2D eigenvalue weighted by atomic mass is 10.1. The van der Waals surface area contributed by atoms with Crippen molar-refractivity contribution in [3.05, 3.63) is 46.6 Å². The molecule has 1 aromatic carbocycles. The summed E-state index contributed by atoms with van der Waals surface area (Å²) in [5.41, 5.74) is 1.25. The van der Waals surface area contributed by atoms with Crippen LogP contribution in [0.3, 0.4) is 0 Å². The number of amides is 1. The minimum absolute atomic E-state index is 0.225. The van der Waals surface area contributed by atoms with Crippen LogP contribution in [0.15, 0.2) is 28.8 Å². The van der Waals surface area contributed by atoms with E-state index in [-0.39, 0.29) is 11.9 Å². The number of nitrogens with zero attached hydrogens (tertiary/aromatic N) is 1. The van der Waals surface area contributed by atoms with Crippen LogP contribution < -0.4 is 10.6 Å². The summed E-state index contributed by atoms with van der Waals surface area (Å²) in [7, 11) is 0. The molecule has 1 amide bonds. The zero-order valence-corrected chi connectivity index (χ0v) is 13.0. The molecule has 1 aromatic heterocycles. The van der Waals surface area contributed by atoms with Crippen molar-refractivity contribution in [1.82, 2.24) is 10.3 Å². The van der Waals surface area contributed by atoms with Gasteiger partial charge in [0.2, 0.25) is 5.89 Å². The maximum Gasteiger partial charge on any atom is 0.254 e. The molecule has 21 heavy (non-hydrogen) atoms. The summed E-state index contributed by atoms with van der Waals surface area (Å²) in [6.45, 7) is 6.32. The van der Waals surface area contributed by atoms with Crippen LogP contribution in [0.4, 0.5) is 5.69 Å². The third-order valence-electron chi connectivity index (χ3n) is 2.95. The van der Waals surface area contributed by atoms with Gasteiger partial charge in [0.05, 0.1) is 11.8 Å². The van der Waals surface area contributed by atoms with Gasteiger partial charge in [-0.05, 0) is 39.0 Å². The first-order chi connectivity index (χ1) is 10.0. The maximum atomic E-state index is 12.4. The largest absolute Gasteiger partial charge is 0.444 e. The number of nitrogens with one attached hydrogen (secondary N) is 2. The average molecular weight is 308 g/mol. The van der Waals surface area contributed by atoms with E-state index in [0.29, 0.717) is 22.2 Å². The van der Waals surface area contributed by atoms with E-state index in [9.17, 15) is 4.79 Å². The second-order valence-corrected chi connectivity index (χ2v) is 5.16. The number of anilines is 1. The predicted octanol–water partition coefficient (Wildman–Crippen LogP) is 3.56. The number of rotatable bonds is 5. The number of oxazole rings is 1. The smallest absolute Gasteiger partial charge is 0.254 e. The lowest BCUT2D eigenvalue weighted by Crippen LogP contribution is -2.27. The molecule has 0 saturated heterocycles. The molecule has 2 rings (SSSR count). The molecule has 0 radical (unpaired) electrons. The highest BCUT2D eigenvalue weighted by Gasteiger charge is 2.18. The topological polar surface area (TPSA) is 67.2 Å². The Morgan fingerprint density at radius 2 is 2.24 bits per heavy atom. The van der Waals surface area contributed by atoms with E-state index in [1.807, 2.05) is 20.8 Å². The molecule has 1 heterocycles. The summed E-state index contributed by atoms with van der Waals surface area (Å²) in [6.07, 6.45) is 1.63. The number of carbonyl (C=O) groups is 1. The number of benzene rings is 1. The third kappa shape index (κ3) is 3.76. The molecule has 112 valence electrons. The van der Waals surface area contributed by atoms with Gasteiger partial charge >= 0.3 is 0 Å². The van der Waals surface area contributed by atoms with Crippen molar-refractivity contribution in [2.24, 2.45) is 0 Å².